The minimum atomic E-state index is 0.955. The van der Waals surface area contributed by atoms with Gasteiger partial charge in [-0.05, 0) is 47.4 Å². The van der Waals surface area contributed by atoms with Gasteiger partial charge in [-0.15, -0.1) is 0 Å². The number of anilines is 1. The molecule has 0 radical (unpaired) electrons. The second-order valence-corrected chi connectivity index (χ2v) is 4.67. The Hall–Kier alpha value is -2.28. The van der Waals surface area contributed by atoms with E-state index in [1.807, 2.05) is 0 Å². The molecule has 0 amide bonds. The molecule has 0 aromatic heterocycles. The van der Waals surface area contributed by atoms with Crippen molar-refractivity contribution in [3.63, 3.8) is 0 Å². The summed E-state index contributed by atoms with van der Waals surface area (Å²) in [6.07, 6.45) is 6.59. The fraction of sp³-hybridized carbons (Fsp3) is 0.111. The van der Waals surface area contributed by atoms with E-state index in [0.717, 1.165) is 6.54 Å². The highest BCUT2D eigenvalue weighted by Crippen LogP contribution is 2.30. The van der Waals surface area contributed by atoms with Gasteiger partial charge in [0.1, 0.15) is 0 Å². The Morgan fingerprint density at radius 2 is 1.74 bits per heavy atom. The van der Waals surface area contributed by atoms with Crippen molar-refractivity contribution in [1.82, 2.24) is 0 Å². The van der Waals surface area contributed by atoms with Gasteiger partial charge in [-0.25, -0.2) is 0 Å². The van der Waals surface area contributed by atoms with Crippen LogP contribution in [0.15, 0.2) is 54.6 Å². The average Bonchev–Trinajstić information content (AvgIpc) is 2.85. The van der Waals surface area contributed by atoms with Crippen LogP contribution in [0.2, 0.25) is 0 Å². The molecule has 0 spiro atoms. The summed E-state index contributed by atoms with van der Waals surface area (Å²) in [6.45, 7) is 3.06. The van der Waals surface area contributed by atoms with Crippen molar-refractivity contribution in [2.75, 3.05) is 11.9 Å². The molecule has 1 heteroatoms. The topological polar surface area (TPSA) is 12.0 Å². The van der Waals surface area contributed by atoms with E-state index in [0.29, 0.717) is 0 Å². The van der Waals surface area contributed by atoms with Crippen molar-refractivity contribution < 1.29 is 0 Å². The van der Waals surface area contributed by atoms with Gasteiger partial charge in [-0.2, -0.15) is 0 Å². The second-order valence-electron chi connectivity index (χ2n) is 4.67. The van der Waals surface area contributed by atoms with Gasteiger partial charge < -0.3 is 5.32 Å². The third-order valence-corrected chi connectivity index (χ3v) is 3.33. The van der Waals surface area contributed by atoms with Crippen molar-refractivity contribution in [3.8, 4) is 0 Å². The van der Waals surface area contributed by atoms with Crippen molar-refractivity contribution in [2.45, 2.75) is 6.92 Å². The monoisotopic (exact) mass is 247 g/mol. The molecule has 0 unspecified atom stereocenters. The van der Waals surface area contributed by atoms with Crippen LogP contribution in [0.3, 0.4) is 0 Å². The standard InChI is InChI=1S/C18H17N/c1-2-19-17-11-7-14(8-12-17)13-16-10-9-15-5-3-4-6-18(15)16/h3-13,19H,2H2,1H3/b16-13-. The Morgan fingerprint density at radius 3 is 2.53 bits per heavy atom. The fourth-order valence-electron chi connectivity index (χ4n) is 2.38. The lowest BCUT2D eigenvalue weighted by atomic mass is 10.0. The first-order valence-corrected chi connectivity index (χ1v) is 6.70. The lowest BCUT2D eigenvalue weighted by molar-refractivity contribution is 1.21. The number of nitrogens with one attached hydrogen (secondary N) is 1. The van der Waals surface area contributed by atoms with Gasteiger partial charge >= 0.3 is 0 Å². The lowest BCUT2D eigenvalue weighted by Crippen LogP contribution is -1.95. The third kappa shape index (κ3) is 2.45. The molecule has 0 bridgehead atoms. The van der Waals surface area contributed by atoms with E-state index in [1.165, 1.54) is 28.0 Å². The molecule has 0 fully saturated rings. The smallest absolute Gasteiger partial charge is 0.0340 e. The molecule has 2 aromatic rings. The van der Waals surface area contributed by atoms with E-state index in [1.54, 1.807) is 0 Å². The summed E-state index contributed by atoms with van der Waals surface area (Å²) in [7, 11) is 0. The van der Waals surface area contributed by atoms with Gasteiger partial charge in [-0.3, -0.25) is 0 Å². The molecule has 0 atom stereocenters. The van der Waals surface area contributed by atoms with E-state index in [4.69, 9.17) is 0 Å². The number of fused-ring (bicyclic) bond motifs is 1. The van der Waals surface area contributed by atoms with Crippen LogP contribution < -0.4 is 5.32 Å². The zero-order valence-electron chi connectivity index (χ0n) is 11.1. The lowest BCUT2D eigenvalue weighted by Gasteiger charge is -2.04. The Balaban J connectivity index is 1.89. The van der Waals surface area contributed by atoms with Gasteiger partial charge in [-0.1, -0.05) is 48.6 Å². The number of benzene rings is 2. The fourth-order valence-corrected chi connectivity index (χ4v) is 2.38. The molecule has 3 rings (SSSR count). The maximum atomic E-state index is 3.31. The highest BCUT2D eigenvalue weighted by molar-refractivity contribution is 5.97. The van der Waals surface area contributed by atoms with Gasteiger partial charge in [0.25, 0.3) is 0 Å². The molecule has 1 nitrogen and oxygen atoms in total. The minimum absolute atomic E-state index is 0.955. The normalized spacial score (nSPS) is 14.7. The predicted octanol–water partition coefficient (Wildman–Crippen LogP) is 4.69. The molecule has 2 aromatic carbocycles. The average molecular weight is 247 g/mol. The summed E-state index contributed by atoms with van der Waals surface area (Å²) >= 11 is 0. The number of hydrogen-bond acceptors (Lipinski definition) is 1. The van der Waals surface area contributed by atoms with E-state index >= 15 is 0 Å². The van der Waals surface area contributed by atoms with Crippen molar-refractivity contribution in [1.29, 1.82) is 0 Å². The molecule has 1 aliphatic rings. The molecule has 1 aliphatic carbocycles. The molecule has 0 aliphatic heterocycles. The highest BCUT2D eigenvalue weighted by Gasteiger charge is 2.08. The molecule has 94 valence electrons. The quantitative estimate of drug-likeness (QED) is 0.830. The van der Waals surface area contributed by atoms with Gasteiger partial charge in [0.2, 0.25) is 0 Å². The van der Waals surface area contributed by atoms with E-state index < -0.39 is 0 Å². The van der Waals surface area contributed by atoms with Crippen LogP contribution in [0.4, 0.5) is 5.69 Å². The van der Waals surface area contributed by atoms with Crippen LogP contribution in [-0.4, -0.2) is 6.54 Å². The van der Waals surface area contributed by atoms with E-state index in [2.05, 4.69) is 79.0 Å². The molecule has 0 heterocycles. The van der Waals surface area contributed by atoms with Crippen molar-refractivity contribution in [2.24, 2.45) is 0 Å². The van der Waals surface area contributed by atoms with Gasteiger partial charge in [0.05, 0.1) is 0 Å². The van der Waals surface area contributed by atoms with Crippen molar-refractivity contribution >= 4 is 23.4 Å². The van der Waals surface area contributed by atoms with E-state index in [9.17, 15) is 0 Å². The second kappa shape index (κ2) is 5.15. The maximum Gasteiger partial charge on any atom is 0.0340 e. The molecule has 0 saturated heterocycles. The Labute approximate surface area is 114 Å². The first-order chi connectivity index (χ1) is 9.36. The Morgan fingerprint density at radius 1 is 0.947 bits per heavy atom. The molecular formula is C18H17N. The van der Waals surface area contributed by atoms with Gasteiger partial charge in [0, 0.05) is 12.2 Å². The van der Waals surface area contributed by atoms with Crippen LogP contribution in [0.5, 0.6) is 0 Å². The summed E-state index contributed by atoms with van der Waals surface area (Å²) < 4.78 is 0. The summed E-state index contributed by atoms with van der Waals surface area (Å²) in [4.78, 5) is 0. The Kier molecular flexibility index (Phi) is 3.20. The largest absolute Gasteiger partial charge is 0.385 e. The van der Waals surface area contributed by atoms with Crippen LogP contribution in [0.1, 0.15) is 23.6 Å². The van der Waals surface area contributed by atoms with Crippen LogP contribution in [0.25, 0.3) is 17.7 Å². The predicted molar refractivity (Wildman–Crippen MR) is 84.0 cm³/mol. The molecular weight excluding hydrogens is 230 g/mol. The highest BCUT2D eigenvalue weighted by atomic mass is 14.8. The van der Waals surface area contributed by atoms with E-state index in [-0.39, 0.29) is 0 Å². The summed E-state index contributed by atoms with van der Waals surface area (Å²) in [6, 6.07) is 17.1. The SMILES string of the molecule is CCNc1ccc(/C=C2/C=Cc3ccccc32)cc1. The zero-order valence-corrected chi connectivity index (χ0v) is 11.1. The summed E-state index contributed by atoms with van der Waals surface area (Å²) in [5, 5.41) is 3.31. The minimum Gasteiger partial charge on any atom is -0.385 e. The van der Waals surface area contributed by atoms with Crippen LogP contribution in [0, 0.1) is 0 Å². The summed E-state index contributed by atoms with van der Waals surface area (Å²) in [5.41, 5.74) is 6.31. The Bertz CT molecular complexity index is 633. The summed E-state index contributed by atoms with van der Waals surface area (Å²) in [5.74, 6) is 0. The molecule has 1 N–H and O–H groups in total. The first kappa shape index (κ1) is 11.8. The molecule has 19 heavy (non-hydrogen) atoms. The van der Waals surface area contributed by atoms with Crippen LogP contribution in [-0.2, 0) is 0 Å². The number of hydrogen-bond donors (Lipinski definition) is 1. The maximum absolute atomic E-state index is 3.31. The number of allylic oxidation sites excluding steroid dienone is 2. The first-order valence-electron chi connectivity index (χ1n) is 6.70. The number of rotatable bonds is 3. The third-order valence-electron chi connectivity index (χ3n) is 3.33. The van der Waals surface area contributed by atoms with Gasteiger partial charge in [0.15, 0.2) is 0 Å². The zero-order chi connectivity index (χ0) is 13.1. The van der Waals surface area contributed by atoms with Crippen LogP contribution >= 0.6 is 0 Å². The molecule has 0 saturated carbocycles. The van der Waals surface area contributed by atoms with Crippen molar-refractivity contribution in [3.05, 3.63) is 71.3 Å².